The minimum absolute atomic E-state index is 0.138. The third kappa shape index (κ3) is 3.42. The van der Waals surface area contributed by atoms with Gasteiger partial charge in [-0.05, 0) is 31.5 Å². The Balaban J connectivity index is 2.31. The van der Waals surface area contributed by atoms with Crippen molar-refractivity contribution in [3.05, 3.63) is 52.0 Å². The molecular weight excluding hydrogens is 286 g/mol. The van der Waals surface area contributed by atoms with E-state index in [1.165, 1.54) is 18.2 Å². The summed E-state index contributed by atoms with van der Waals surface area (Å²) in [4.78, 5) is 2.08. The Morgan fingerprint density at radius 1 is 1.19 bits per heavy atom. The Morgan fingerprint density at radius 3 is 2.52 bits per heavy atom. The number of hydrogen-bond acceptors (Lipinski definition) is 3. The number of aromatic hydroxyl groups is 1. The van der Waals surface area contributed by atoms with Crippen LogP contribution in [0.1, 0.15) is 16.7 Å². The fraction of sp³-hybridized carbons (Fsp3) is 0.294. The van der Waals surface area contributed by atoms with Crippen LogP contribution in [0.3, 0.4) is 0 Å². The molecule has 0 aromatic heterocycles. The molecule has 112 valence electrons. The molecule has 0 aliphatic rings. The molecule has 0 radical (unpaired) electrons. The Labute approximate surface area is 130 Å². The second-order valence-electron chi connectivity index (χ2n) is 5.26. The van der Waals surface area contributed by atoms with Crippen molar-refractivity contribution < 1.29 is 9.84 Å². The average Bonchev–Trinajstić information content (AvgIpc) is 2.42. The number of halogens is 1. The van der Waals surface area contributed by atoms with Crippen molar-refractivity contribution in [2.24, 2.45) is 0 Å². The highest BCUT2D eigenvalue weighted by Crippen LogP contribution is 2.35. The summed E-state index contributed by atoms with van der Waals surface area (Å²) in [6.07, 6.45) is 0. The topological polar surface area (TPSA) is 32.7 Å². The van der Waals surface area contributed by atoms with E-state index in [1.54, 1.807) is 12.1 Å². The molecule has 0 spiro atoms. The van der Waals surface area contributed by atoms with Crippen LogP contribution >= 0.6 is 11.6 Å². The molecule has 0 saturated heterocycles. The number of anilines is 1. The van der Waals surface area contributed by atoms with Crippen molar-refractivity contribution in [1.82, 2.24) is 0 Å². The van der Waals surface area contributed by atoms with E-state index in [4.69, 9.17) is 16.3 Å². The van der Waals surface area contributed by atoms with Gasteiger partial charge in [0.05, 0.1) is 7.11 Å². The van der Waals surface area contributed by atoms with Gasteiger partial charge in [0.2, 0.25) is 0 Å². The van der Waals surface area contributed by atoms with E-state index in [2.05, 4.69) is 36.9 Å². The molecule has 0 aliphatic heterocycles. The maximum Gasteiger partial charge on any atom is 0.162 e. The van der Waals surface area contributed by atoms with Crippen LogP contribution in [-0.4, -0.2) is 19.3 Å². The summed E-state index contributed by atoms with van der Waals surface area (Å²) in [5.74, 6) is 0.532. The zero-order valence-corrected chi connectivity index (χ0v) is 13.5. The van der Waals surface area contributed by atoms with Crippen molar-refractivity contribution in [2.75, 3.05) is 19.1 Å². The molecule has 1 N–H and O–H groups in total. The van der Waals surface area contributed by atoms with E-state index in [9.17, 15) is 5.11 Å². The van der Waals surface area contributed by atoms with Crippen LogP contribution < -0.4 is 9.64 Å². The molecule has 21 heavy (non-hydrogen) atoms. The maximum absolute atomic E-state index is 10.2. The first kappa shape index (κ1) is 15.5. The van der Waals surface area contributed by atoms with Crippen LogP contribution in [0.15, 0.2) is 30.3 Å². The van der Waals surface area contributed by atoms with Crippen molar-refractivity contribution in [3.63, 3.8) is 0 Å². The summed E-state index contributed by atoms with van der Waals surface area (Å²) < 4.78 is 5.14. The molecule has 0 aliphatic carbocycles. The van der Waals surface area contributed by atoms with Crippen molar-refractivity contribution in [2.45, 2.75) is 20.4 Å². The lowest BCUT2D eigenvalue weighted by Gasteiger charge is -2.23. The minimum Gasteiger partial charge on any atom is -0.504 e. The van der Waals surface area contributed by atoms with Crippen LogP contribution in [0.2, 0.25) is 5.02 Å². The Kier molecular flexibility index (Phi) is 4.63. The number of methoxy groups -OCH3 is 1. The summed E-state index contributed by atoms with van der Waals surface area (Å²) in [7, 11) is 3.51. The third-order valence-corrected chi connectivity index (χ3v) is 3.73. The van der Waals surface area contributed by atoms with Crippen LogP contribution in [0, 0.1) is 13.8 Å². The molecule has 3 nitrogen and oxygen atoms in total. The summed E-state index contributed by atoms with van der Waals surface area (Å²) in [5.41, 5.74) is 4.30. The summed E-state index contributed by atoms with van der Waals surface area (Å²) in [6.45, 7) is 4.70. The Bertz CT molecular complexity index is 655. The predicted octanol–water partition coefficient (Wildman–Crippen LogP) is 4.31. The SMILES string of the molecule is COc1cc(Cl)cc(CN(C)c2ccc(C)cc2C)c1O. The molecule has 0 amide bonds. The molecule has 4 heteroatoms. The Hall–Kier alpha value is -1.87. The molecule has 0 heterocycles. The summed E-state index contributed by atoms with van der Waals surface area (Å²) in [6, 6.07) is 9.68. The second kappa shape index (κ2) is 6.27. The maximum atomic E-state index is 10.2. The fourth-order valence-corrected chi connectivity index (χ4v) is 2.71. The van der Waals surface area contributed by atoms with E-state index < -0.39 is 0 Å². The monoisotopic (exact) mass is 305 g/mol. The van der Waals surface area contributed by atoms with Crippen LogP contribution in [0.25, 0.3) is 0 Å². The molecule has 2 aromatic rings. The van der Waals surface area contributed by atoms with E-state index >= 15 is 0 Å². The van der Waals surface area contributed by atoms with E-state index in [0.29, 0.717) is 17.3 Å². The van der Waals surface area contributed by atoms with Crippen molar-refractivity contribution in [1.29, 1.82) is 0 Å². The van der Waals surface area contributed by atoms with Gasteiger partial charge in [0.1, 0.15) is 0 Å². The standard InChI is InChI=1S/C17H20ClNO2/c1-11-5-6-15(12(2)7-11)19(3)10-13-8-14(18)9-16(21-4)17(13)20/h5-9,20H,10H2,1-4H3. The Morgan fingerprint density at radius 2 is 1.90 bits per heavy atom. The van der Waals surface area contributed by atoms with Gasteiger partial charge >= 0.3 is 0 Å². The van der Waals surface area contributed by atoms with E-state index in [-0.39, 0.29) is 5.75 Å². The largest absolute Gasteiger partial charge is 0.504 e. The lowest BCUT2D eigenvalue weighted by Crippen LogP contribution is -2.17. The number of benzene rings is 2. The lowest BCUT2D eigenvalue weighted by atomic mass is 10.1. The highest BCUT2D eigenvalue weighted by atomic mass is 35.5. The van der Waals surface area contributed by atoms with E-state index in [0.717, 1.165) is 11.3 Å². The van der Waals surface area contributed by atoms with Crippen LogP contribution in [-0.2, 0) is 6.54 Å². The van der Waals surface area contributed by atoms with Gasteiger partial charge in [-0.1, -0.05) is 29.3 Å². The number of phenols is 1. The summed E-state index contributed by atoms with van der Waals surface area (Å²) in [5, 5.41) is 10.8. The first-order chi connectivity index (χ1) is 9.92. The molecule has 2 aromatic carbocycles. The molecular formula is C17H20ClNO2. The van der Waals surface area contributed by atoms with Crippen LogP contribution in [0.4, 0.5) is 5.69 Å². The smallest absolute Gasteiger partial charge is 0.162 e. The molecule has 2 rings (SSSR count). The van der Waals surface area contributed by atoms with Crippen LogP contribution in [0.5, 0.6) is 11.5 Å². The molecule has 0 saturated carbocycles. The quantitative estimate of drug-likeness (QED) is 0.913. The number of hydrogen-bond donors (Lipinski definition) is 1. The minimum atomic E-state index is 0.138. The van der Waals surface area contributed by atoms with Gasteiger partial charge in [-0.25, -0.2) is 0 Å². The predicted molar refractivity (Wildman–Crippen MR) is 87.7 cm³/mol. The lowest BCUT2D eigenvalue weighted by molar-refractivity contribution is 0.370. The number of rotatable bonds is 4. The first-order valence-corrected chi connectivity index (χ1v) is 7.14. The fourth-order valence-electron chi connectivity index (χ4n) is 2.48. The number of ether oxygens (including phenoxy) is 1. The van der Waals surface area contributed by atoms with Gasteiger partial charge in [-0.2, -0.15) is 0 Å². The first-order valence-electron chi connectivity index (χ1n) is 6.76. The molecule has 0 bridgehead atoms. The molecule has 0 atom stereocenters. The zero-order chi connectivity index (χ0) is 15.6. The van der Waals surface area contributed by atoms with Gasteiger partial charge in [0.25, 0.3) is 0 Å². The highest BCUT2D eigenvalue weighted by Gasteiger charge is 2.13. The average molecular weight is 306 g/mol. The number of phenolic OH excluding ortho intramolecular Hbond substituents is 1. The van der Waals surface area contributed by atoms with Gasteiger partial charge in [-0.3, -0.25) is 0 Å². The van der Waals surface area contributed by atoms with Gasteiger partial charge in [0.15, 0.2) is 11.5 Å². The molecule has 0 fully saturated rings. The zero-order valence-electron chi connectivity index (χ0n) is 12.8. The number of aryl methyl sites for hydroxylation is 2. The summed E-state index contributed by atoms with van der Waals surface area (Å²) >= 11 is 6.07. The highest BCUT2D eigenvalue weighted by molar-refractivity contribution is 6.30. The van der Waals surface area contributed by atoms with Crippen molar-refractivity contribution in [3.8, 4) is 11.5 Å². The molecule has 0 unspecified atom stereocenters. The van der Waals surface area contributed by atoms with Gasteiger partial charge in [0, 0.05) is 35.9 Å². The second-order valence-corrected chi connectivity index (χ2v) is 5.70. The van der Waals surface area contributed by atoms with Gasteiger partial charge in [-0.15, -0.1) is 0 Å². The normalized spacial score (nSPS) is 10.5. The van der Waals surface area contributed by atoms with Crippen molar-refractivity contribution >= 4 is 17.3 Å². The third-order valence-electron chi connectivity index (χ3n) is 3.51. The van der Waals surface area contributed by atoms with E-state index in [1.807, 2.05) is 7.05 Å². The number of nitrogens with zero attached hydrogens (tertiary/aromatic N) is 1. The van der Waals surface area contributed by atoms with Gasteiger partial charge < -0.3 is 14.7 Å².